The molecule has 1 saturated heterocycles. The van der Waals surface area contributed by atoms with Crippen LogP contribution < -0.4 is 0 Å². The monoisotopic (exact) mass is 487 g/mol. The minimum atomic E-state index is -1.43. The number of amides is 1. The van der Waals surface area contributed by atoms with E-state index in [1.165, 1.54) is 70.6 Å². The number of unbranched alkanes of at least 4 members (excludes halogenated alkanes) is 3. The van der Waals surface area contributed by atoms with Gasteiger partial charge in [0.1, 0.15) is 6.61 Å². The van der Waals surface area contributed by atoms with Crippen molar-refractivity contribution < 1.29 is 14.0 Å². The molecule has 1 aliphatic carbocycles. The first-order valence-electron chi connectivity index (χ1n) is 14.1. The van der Waals surface area contributed by atoms with E-state index in [1.807, 2.05) is 35.2 Å². The molecule has 1 unspecified atom stereocenters. The van der Waals surface area contributed by atoms with Crippen molar-refractivity contribution in [2.24, 2.45) is 5.41 Å². The minimum Gasteiger partial charge on any atom is -0.445 e. The third-order valence-corrected chi connectivity index (χ3v) is 11.8. The lowest BCUT2D eigenvalue weighted by atomic mass is 9.89. The van der Waals surface area contributed by atoms with Crippen LogP contribution in [0.15, 0.2) is 30.3 Å². The first-order valence-corrected chi connectivity index (χ1v) is 16.3. The summed E-state index contributed by atoms with van der Waals surface area (Å²) in [7, 11) is -1.43. The van der Waals surface area contributed by atoms with Crippen molar-refractivity contribution in [1.29, 1.82) is 0 Å². The number of hydrogen-bond acceptors (Lipinski definition) is 3. The molecule has 1 aromatic carbocycles. The lowest BCUT2D eigenvalue weighted by molar-refractivity contribution is 0.0805. The molecule has 2 atom stereocenters. The van der Waals surface area contributed by atoms with E-state index in [4.69, 9.17) is 9.16 Å². The molecular weight excluding hydrogens is 438 g/mol. The van der Waals surface area contributed by atoms with Crippen LogP contribution in [-0.4, -0.2) is 39.2 Å². The molecule has 1 heterocycles. The third kappa shape index (κ3) is 7.33. The quantitative estimate of drug-likeness (QED) is 0.236. The van der Waals surface area contributed by atoms with E-state index >= 15 is 0 Å². The summed E-state index contributed by atoms with van der Waals surface area (Å²) in [5.74, 6) is 0. The summed E-state index contributed by atoms with van der Waals surface area (Å²) >= 11 is 0. The maximum atomic E-state index is 13.1. The lowest BCUT2D eigenvalue weighted by Gasteiger charge is -2.39. The summed E-state index contributed by atoms with van der Waals surface area (Å²) in [5, 5.41) is 0.399. The van der Waals surface area contributed by atoms with Gasteiger partial charge in [0.05, 0.1) is 12.6 Å². The average molecular weight is 488 g/mol. The van der Waals surface area contributed by atoms with E-state index in [2.05, 4.69) is 27.3 Å². The Morgan fingerprint density at radius 2 is 1.62 bits per heavy atom. The van der Waals surface area contributed by atoms with E-state index in [1.54, 1.807) is 0 Å². The first-order chi connectivity index (χ1) is 16.5. The fourth-order valence-corrected chi connectivity index (χ4v) is 8.57. The van der Waals surface area contributed by atoms with Gasteiger partial charge in [0.25, 0.3) is 0 Å². The van der Waals surface area contributed by atoms with Crippen LogP contribution in [0.1, 0.15) is 103 Å². The van der Waals surface area contributed by atoms with Gasteiger partial charge in [0.15, 0.2) is 9.04 Å². The summed E-state index contributed by atoms with van der Waals surface area (Å²) in [6.07, 6.45) is 15.0. The molecule has 2 aliphatic rings. The molecule has 0 aromatic heterocycles. The van der Waals surface area contributed by atoms with Crippen LogP contribution >= 0.6 is 0 Å². The van der Waals surface area contributed by atoms with Gasteiger partial charge < -0.3 is 14.1 Å². The van der Waals surface area contributed by atoms with Crippen molar-refractivity contribution in [2.75, 3.05) is 13.2 Å². The third-order valence-electron chi connectivity index (χ3n) is 8.50. The Labute approximate surface area is 210 Å². The van der Waals surface area contributed by atoms with Crippen molar-refractivity contribution in [2.45, 2.75) is 122 Å². The number of hydrogen-bond donors (Lipinski definition) is 0. The predicted molar refractivity (Wildman–Crippen MR) is 144 cm³/mol. The van der Waals surface area contributed by atoms with Crippen LogP contribution in [0.3, 0.4) is 0 Å². The van der Waals surface area contributed by atoms with Crippen LogP contribution in [0.2, 0.25) is 11.6 Å². The van der Waals surface area contributed by atoms with E-state index in [0.29, 0.717) is 23.7 Å². The molecule has 1 aromatic rings. The number of carbonyl (C=O) groups is 1. The standard InChI is InChI=1S/C29H49NO3Si/c1-5-8-16-29(17-9-6-2,18-10-7-3)34(4)33-23-26-21-28(19-20-28)24-30(26)27(31)32-22-25-14-12-11-13-15-25/h11-15,26,34H,5-10,16-24H2,1-4H3/t26-,34?/m0/s1. The molecule has 0 bridgehead atoms. The Hall–Kier alpha value is -1.33. The molecular formula is C29H49NO3Si. The number of carbonyl (C=O) groups excluding carboxylic acids is 1. The van der Waals surface area contributed by atoms with Gasteiger partial charge in [-0.2, -0.15) is 0 Å². The second kappa shape index (κ2) is 13.1. The number of rotatable bonds is 15. The summed E-state index contributed by atoms with van der Waals surface area (Å²) in [4.78, 5) is 15.1. The largest absolute Gasteiger partial charge is 0.445 e. The Morgan fingerprint density at radius 1 is 1.03 bits per heavy atom. The van der Waals surface area contributed by atoms with E-state index in [9.17, 15) is 4.79 Å². The van der Waals surface area contributed by atoms with E-state index in [-0.39, 0.29) is 12.1 Å². The Bertz CT molecular complexity index is 714. The Morgan fingerprint density at radius 3 is 2.15 bits per heavy atom. The first kappa shape index (κ1) is 27.3. The van der Waals surface area contributed by atoms with Crippen molar-refractivity contribution in [3.63, 3.8) is 0 Å². The van der Waals surface area contributed by atoms with Gasteiger partial charge in [-0.15, -0.1) is 0 Å². The molecule has 0 N–H and O–H groups in total. The second-order valence-corrected chi connectivity index (χ2v) is 14.0. The highest BCUT2D eigenvalue weighted by Crippen LogP contribution is 2.55. The van der Waals surface area contributed by atoms with Gasteiger partial charge in [-0.25, -0.2) is 4.79 Å². The fraction of sp³-hybridized carbons (Fsp3) is 0.759. The molecule has 2 fully saturated rings. The zero-order valence-electron chi connectivity index (χ0n) is 22.3. The summed E-state index contributed by atoms with van der Waals surface area (Å²) in [6.45, 7) is 11.3. The van der Waals surface area contributed by atoms with Gasteiger partial charge in [0, 0.05) is 6.54 Å². The van der Waals surface area contributed by atoms with Crippen molar-refractivity contribution >= 4 is 15.1 Å². The van der Waals surface area contributed by atoms with Gasteiger partial charge in [0.2, 0.25) is 0 Å². The van der Waals surface area contributed by atoms with Crippen molar-refractivity contribution in [1.82, 2.24) is 4.90 Å². The average Bonchev–Trinajstić information content (AvgIpc) is 3.52. The molecule has 1 spiro atoms. The molecule has 1 saturated carbocycles. The molecule has 34 heavy (non-hydrogen) atoms. The molecule has 0 radical (unpaired) electrons. The highest BCUT2D eigenvalue weighted by atomic mass is 28.3. The van der Waals surface area contributed by atoms with Gasteiger partial charge in [-0.1, -0.05) is 89.6 Å². The summed E-state index contributed by atoms with van der Waals surface area (Å²) in [5.41, 5.74) is 1.38. The number of benzene rings is 1. The van der Waals surface area contributed by atoms with Crippen LogP contribution in [0.25, 0.3) is 0 Å². The van der Waals surface area contributed by atoms with Crippen molar-refractivity contribution in [3.05, 3.63) is 35.9 Å². The maximum absolute atomic E-state index is 13.1. The lowest BCUT2D eigenvalue weighted by Crippen LogP contribution is -2.42. The van der Waals surface area contributed by atoms with Gasteiger partial charge >= 0.3 is 6.09 Å². The van der Waals surface area contributed by atoms with Crippen LogP contribution in [0, 0.1) is 5.41 Å². The van der Waals surface area contributed by atoms with Crippen LogP contribution in [0.4, 0.5) is 4.79 Å². The molecule has 192 valence electrons. The Kier molecular flexibility index (Phi) is 10.5. The summed E-state index contributed by atoms with van der Waals surface area (Å²) < 4.78 is 12.6. The normalized spacial score (nSPS) is 20.0. The predicted octanol–water partition coefficient (Wildman–Crippen LogP) is 7.86. The van der Waals surface area contributed by atoms with E-state index < -0.39 is 9.04 Å². The summed E-state index contributed by atoms with van der Waals surface area (Å²) in [6, 6.07) is 10.2. The highest BCUT2D eigenvalue weighted by molar-refractivity contribution is 6.54. The van der Waals surface area contributed by atoms with Gasteiger partial charge in [-0.05, 0) is 61.1 Å². The topological polar surface area (TPSA) is 38.8 Å². The van der Waals surface area contributed by atoms with E-state index in [0.717, 1.165) is 18.5 Å². The minimum absolute atomic E-state index is 0.162. The number of likely N-dealkylation sites (tertiary alicyclic amines) is 1. The highest BCUT2D eigenvalue weighted by Gasteiger charge is 2.54. The second-order valence-electron chi connectivity index (χ2n) is 11.2. The molecule has 4 nitrogen and oxygen atoms in total. The van der Waals surface area contributed by atoms with Crippen LogP contribution in [0.5, 0.6) is 0 Å². The SMILES string of the molecule is CCCCC(CCCC)(CCCC)[SiH](C)OC[C@@H]1CC2(CC2)CN1C(=O)OCc1ccccc1. The Balaban J connectivity index is 1.62. The molecule has 1 amide bonds. The van der Waals surface area contributed by atoms with Crippen LogP contribution in [-0.2, 0) is 15.8 Å². The number of nitrogens with zero attached hydrogens (tertiary/aromatic N) is 1. The smallest absolute Gasteiger partial charge is 0.410 e. The molecule has 1 aliphatic heterocycles. The molecule has 5 heteroatoms. The fourth-order valence-electron chi connectivity index (χ4n) is 5.87. The zero-order chi connectivity index (χ0) is 24.4. The maximum Gasteiger partial charge on any atom is 0.410 e. The molecule has 3 rings (SSSR count). The number of ether oxygens (including phenoxy) is 1. The zero-order valence-corrected chi connectivity index (χ0v) is 23.5. The van der Waals surface area contributed by atoms with Crippen molar-refractivity contribution in [3.8, 4) is 0 Å². The van der Waals surface area contributed by atoms with Gasteiger partial charge in [-0.3, -0.25) is 0 Å².